The first-order chi connectivity index (χ1) is 10.1. The predicted octanol–water partition coefficient (Wildman–Crippen LogP) is 1.69. The molecule has 2 saturated heterocycles. The molecule has 0 amide bonds. The molecule has 110 valence electrons. The lowest BCUT2D eigenvalue weighted by Crippen LogP contribution is -2.23. The van der Waals surface area contributed by atoms with Crippen LogP contribution in [0.25, 0.3) is 11.4 Å². The van der Waals surface area contributed by atoms with E-state index in [1.807, 2.05) is 0 Å². The number of nitrogens with zero attached hydrogens (tertiary/aromatic N) is 4. The molecule has 2 bridgehead atoms. The summed E-state index contributed by atoms with van der Waals surface area (Å²) < 4.78 is 34.1. The summed E-state index contributed by atoms with van der Waals surface area (Å²) in [6.45, 7) is 0. The Labute approximate surface area is 118 Å². The van der Waals surface area contributed by atoms with Gasteiger partial charge in [-0.3, -0.25) is 0 Å². The lowest BCUT2D eigenvalue weighted by atomic mass is 9.95. The van der Waals surface area contributed by atoms with Crippen molar-refractivity contribution >= 4 is 5.69 Å². The highest BCUT2D eigenvalue weighted by Gasteiger charge is 2.43. The molecule has 2 aliphatic heterocycles. The van der Waals surface area contributed by atoms with Crippen molar-refractivity contribution in [3.05, 3.63) is 23.8 Å². The molecule has 6 nitrogen and oxygen atoms in total. The van der Waals surface area contributed by atoms with Crippen LogP contribution in [0.1, 0.15) is 25.3 Å². The van der Waals surface area contributed by atoms with E-state index in [-0.39, 0.29) is 23.9 Å². The minimum absolute atomic E-state index is 0.0151. The van der Waals surface area contributed by atoms with Crippen LogP contribution in [0.4, 0.5) is 14.5 Å². The summed E-state index contributed by atoms with van der Waals surface area (Å²) in [6, 6.07) is 1.99. The number of anilines is 1. The van der Waals surface area contributed by atoms with Gasteiger partial charge in [0.15, 0.2) is 17.5 Å². The van der Waals surface area contributed by atoms with Crippen LogP contribution in [0.3, 0.4) is 0 Å². The first-order valence-electron chi connectivity index (χ1n) is 6.81. The zero-order chi connectivity index (χ0) is 14.6. The Morgan fingerprint density at radius 3 is 2.76 bits per heavy atom. The Balaban J connectivity index is 1.77. The molecule has 1 aromatic carbocycles. The average Bonchev–Trinajstić information content (AvgIpc) is 3.17. The van der Waals surface area contributed by atoms with Gasteiger partial charge < -0.3 is 10.5 Å². The van der Waals surface area contributed by atoms with Crippen LogP contribution < -0.4 is 5.73 Å². The van der Waals surface area contributed by atoms with E-state index < -0.39 is 11.6 Å². The monoisotopic (exact) mass is 293 g/mol. The van der Waals surface area contributed by atoms with E-state index in [0.29, 0.717) is 11.4 Å². The SMILES string of the molecule is Nc1cc(F)c(F)cc1-c1nnnn1C1CC2CCC1O2. The Hall–Kier alpha value is -2.09. The summed E-state index contributed by atoms with van der Waals surface area (Å²) in [7, 11) is 0. The number of hydrogen-bond donors (Lipinski definition) is 1. The smallest absolute Gasteiger partial charge is 0.184 e. The molecular formula is C13H13F2N5O. The number of ether oxygens (including phenoxy) is 1. The topological polar surface area (TPSA) is 78.9 Å². The third-order valence-electron chi connectivity index (χ3n) is 4.21. The van der Waals surface area contributed by atoms with Crippen molar-refractivity contribution < 1.29 is 13.5 Å². The van der Waals surface area contributed by atoms with Crippen molar-refractivity contribution in [3.8, 4) is 11.4 Å². The summed E-state index contributed by atoms with van der Waals surface area (Å²) in [5, 5.41) is 11.6. The summed E-state index contributed by atoms with van der Waals surface area (Å²) in [6.07, 6.45) is 3.14. The number of nitrogen functional groups attached to an aromatic ring is 1. The van der Waals surface area contributed by atoms with Crippen molar-refractivity contribution in [1.29, 1.82) is 0 Å². The number of fused-ring (bicyclic) bond motifs is 2. The average molecular weight is 293 g/mol. The molecule has 21 heavy (non-hydrogen) atoms. The highest BCUT2D eigenvalue weighted by atomic mass is 19.2. The van der Waals surface area contributed by atoms with E-state index in [1.165, 1.54) is 0 Å². The molecule has 0 spiro atoms. The fourth-order valence-corrected chi connectivity index (χ4v) is 3.22. The zero-order valence-electron chi connectivity index (χ0n) is 11.0. The number of tetrazole rings is 1. The van der Waals surface area contributed by atoms with Gasteiger partial charge in [-0.15, -0.1) is 5.10 Å². The summed E-state index contributed by atoms with van der Waals surface area (Å²) in [4.78, 5) is 0. The van der Waals surface area contributed by atoms with Gasteiger partial charge in [0, 0.05) is 17.3 Å². The van der Waals surface area contributed by atoms with Gasteiger partial charge >= 0.3 is 0 Å². The van der Waals surface area contributed by atoms with Crippen molar-refractivity contribution in [2.24, 2.45) is 0 Å². The van der Waals surface area contributed by atoms with Crippen molar-refractivity contribution in [1.82, 2.24) is 20.2 Å². The molecule has 0 aliphatic carbocycles. The van der Waals surface area contributed by atoms with E-state index >= 15 is 0 Å². The highest BCUT2D eigenvalue weighted by molar-refractivity contribution is 5.71. The van der Waals surface area contributed by atoms with Crippen LogP contribution in [0.15, 0.2) is 12.1 Å². The minimum atomic E-state index is -0.987. The zero-order valence-corrected chi connectivity index (χ0v) is 11.0. The van der Waals surface area contributed by atoms with Crippen LogP contribution in [0, 0.1) is 11.6 Å². The maximum Gasteiger partial charge on any atom is 0.184 e. The Bertz CT molecular complexity index is 704. The predicted molar refractivity (Wildman–Crippen MR) is 69.1 cm³/mol. The lowest BCUT2D eigenvalue weighted by Gasteiger charge is -2.19. The van der Waals surface area contributed by atoms with Crippen molar-refractivity contribution in [2.75, 3.05) is 5.73 Å². The van der Waals surface area contributed by atoms with Crippen molar-refractivity contribution in [3.63, 3.8) is 0 Å². The van der Waals surface area contributed by atoms with Gasteiger partial charge in [0.05, 0.1) is 18.2 Å². The quantitative estimate of drug-likeness (QED) is 0.852. The first-order valence-corrected chi connectivity index (χ1v) is 6.81. The van der Waals surface area contributed by atoms with Gasteiger partial charge in [0.1, 0.15) is 0 Å². The number of nitrogens with two attached hydrogens (primary N) is 1. The molecule has 0 saturated carbocycles. The Morgan fingerprint density at radius 1 is 1.24 bits per heavy atom. The second-order valence-corrected chi connectivity index (χ2v) is 5.48. The second-order valence-electron chi connectivity index (χ2n) is 5.48. The third-order valence-corrected chi connectivity index (χ3v) is 4.21. The molecule has 3 unspecified atom stereocenters. The van der Waals surface area contributed by atoms with Crippen LogP contribution >= 0.6 is 0 Å². The standard InChI is InChI=1S/C13H13F2N5O/c14-8-4-7(10(16)5-9(8)15)13-17-18-19-20(13)11-3-6-1-2-12(11)21-6/h4-6,11-12H,1-3,16H2. The van der Waals surface area contributed by atoms with Gasteiger partial charge in [-0.05, 0) is 35.8 Å². The number of rotatable bonds is 2. The molecule has 2 N–H and O–H groups in total. The third kappa shape index (κ3) is 1.90. The number of halogens is 2. The molecule has 8 heteroatoms. The molecule has 3 heterocycles. The van der Waals surface area contributed by atoms with Crippen LogP contribution in [0.2, 0.25) is 0 Å². The maximum atomic E-state index is 13.5. The van der Waals surface area contributed by atoms with Crippen LogP contribution in [0.5, 0.6) is 0 Å². The molecule has 2 aliphatic rings. The van der Waals surface area contributed by atoms with Crippen molar-refractivity contribution in [2.45, 2.75) is 37.5 Å². The van der Waals surface area contributed by atoms with Gasteiger partial charge in [-0.25, -0.2) is 13.5 Å². The molecule has 2 aromatic rings. The summed E-state index contributed by atoms with van der Waals surface area (Å²) >= 11 is 0. The minimum Gasteiger partial charge on any atom is -0.398 e. The van der Waals surface area contributed by atoms with Crippen LogP contribution in [-0.4, -0.2) is 32.4 Å². The van der Waals surface area contributed by atoms with E-state index in [0.717, 1.165) is 31.4 Å². The van der Waals surface area contributed by atoms with E-state index in [9.17, 15) is 8.78 Å². The Morgan fingerprint density at radius 2 is 2.05 bits per heavy atom. The number of hydrogen-bond acceptors (Lipinski definition) is 5. The van der Waals surface area contributed by atoms with E-state index in [4.69, 9.17) is 10.5 Å². The molecular weight excluding hydrogens is 280 g/mol. The van der Waals surface area contributed by atoms with Gasteiger partial charge in [-0.1, -0.05) is 0 Å². The fraction of sp³-hybridized carbons (Fsp3) is 0.462. The van der Waals surface area contributed by atoms with E-state index in [2.05, 4.69) is 15.5 Å². The summed E-state index contributed by atoms with van der Waals surface area (Å²) in [5.74, 6) is -1.62. The highest BCUT2D eigenvalue weighted by Crippen LogP contribution is 2.42. The normalized spacial score (nSPS) is 27.4. The number of benzene rings is 1. The largest absolute Gasteiger partial charge is 0.398 e. The number of aromatic nitrogens is 4. The van der Waals surface area contributed by atoms with Crippen LogP contribution in [-0.2, 0) is 4.74 Å². The van der Waals surface area contributed by atoms with Gasteiger partial charge in [-0.2, -0.15) is 0 Å². The Kier molecular flexibility index (Phi) is 2.68. The molecule has 0 radical (unpaired) electrons. The second kappa shape index (κ2) is 4.45. The maximum absolute atomic E-state index is 13.5. The van der Waals surface area contributed by atoms with Gasteiger partial charge in [0.2, 0.25) is 0 Å². The molecule has 3 atom stereocenters. The first kappa shape index (κ1) is 12.6. The molecule has 1 aromatic heterocycles. The van der Waals surface area contributed by atoms with Gasteiger partial charge in [0.25, 0.3) is 0 Å². The molecule has 4 rings (SSSR count). The van der Waals surface area contributed by atoms with E-state index in [1.54, 1.807) is 4.68 Å². The molecule has 2 fully saturated rings. The fourth-order valence-electron chi connectivity index (χ4n) is 3.22. The summed E-state index contributed by atoms with van der Waals surface area (Å²) in [5.41, 5.74) is 6.18. The lowest BCUT2D eigenvalue weighted by molar-refractivity contribution is 0.0922.